The maximum Gasteiger partial charge on any atom is 0.251 e. The predicted molar refractivity (Wildman–Crippen MR) is 64.9 cm³/mol. The highest BCUT2D eigenvalue weighted by molar-refractivity contribution is 7.99. The third-order valence-corrected chi connectivity index (χ3v) is 3.24. The van der Waals surface area contributed by atoms with Crippen LogP contribution in [0.3, 0.4) is 0 Å². The molecule has 0 radical (unpaired) electrons. The van der Waals surface area contributed by atoms with E-state index in [1.165, 1.54) is 24.0 Å². The van der Waals surface area contributed by atoms with E-state index in [1.807, 2.05) is 19.1 Å². The van der Waals surface area contributed by atoms with E-state index in [4.69, 9.17) is 5.26 Å². The SMILES string of the molecule is Cc1cc(C#N)ccc1Sc1nccc(=O)[nH]1. The van der Waals surface area contributed by atoms with Crippen LogP contribution in [0, 0.1) is 18.3 Å². The molecule has 4 nitrogen and oxygen atoms in total. The summed E-state index contributed by atoms with van der Waals surface area (Å²) in [6.07, 6.45) is 1.47. The fourth-order valence-electron chi connectivity index (χ4n) is 1.34. The minimum absolute atomic E-state index is 0.172. The molecule has 0 saturated heterocycles. The van der Waals surface area contributed by atoms with Gasteiger partial charge in [0, 0.05) is 17.2 Å². The van der Waals surface area contributed by atoms with E-state index >= 15 is 0 Å². The number of nitriles is 1. The Kier molecular flexibility index (Phi) is 3.26. The van der Waals surface area contributed by atoms with Gasteiger partial charge in [0.05, 0.1) is 11.6 Å². The van der Waals surface area contributed by atoms with Crippen molar-refractivity contribution in [2.45, 2.75) is 17.0 Å². The molecular weight excluding hydrogens is 234 g/mol. The Balaban J connectivity index is 2.31. The lowest BCUT2D eigenvalue weighted by molar-refractivity contribution is 0.936. The number of nitrogens with one attached hydrogen (secondary N) is 1. The highest BCUT2D eigenvalue weighted by Crippen LogP contribution is 2.27. The fourth-order valence-corrected chi connectivity index (χ4v) is 2.17. The van der Waals surface area contributed by atoms with Crippen LogP contribution in [0.1, 0.15) is 11.1 Å². The van der Waals surface area contributed by atoms with Crippen molar-refractivity contribution < 1.29 is 0 Å². The zero-order chi connectivity index (χ0) is 12.3. The van der Waals surface area contributed by atoms with Gasteiger partial charge in [-0.15, -0.1) is 0 Å². The first-order valence-corrected chi connectivity index (χ1v) is 5.74. The van der Waals surface area contributed by atoms with Crippen molar-refractivity contribution in [3.05, 3.63) is 51.9 Å². The number of rotatable bonds is 2. The van der Waals surface area contributed by atoms with Crippen molar-refractivity contribution in [3.8, 4) is 6.07 Å². The predicted octanol–water partition coefficient (Wildman–Crippen LogP) is 2.10. The summed E-state index contributed by atoms with van der Waals surface area (Å²) in [7, 11) is 0. The van der Waals surface area contributed by atoms with E-state index in [9.17, 15) is 4.79 Å². The Hall–Kier alpha value is -2.06. The second-order valence-electron chi connectivity index (χ2n) is 3.43. The molecule has 0 atom stereocenters. The molecule has 1 aromatic carbocycles. The number of hydrogen-bond acceptors (Lipinski definition) is 4. The molecule has 0 amide bonds. The molecule has 2 rings (SSSR count). The van der Waals surface area contributed by atoms with E-state index in [1.54, 1.807) is 6.07 Å². The molecule has 1 heterocycles. The van der Waals surface area contributed by atoms with Crippen LogP contribution in [-0.2, 0) is 0 Å². The quantitative estimate of drug-likeness (QED) is 0.820. The lowest BCUT2D eigenvalue weighted by Crippen LogP contribution is -2.05. The van der Waals surface area contributed by atoms with Crippen molar-refractivity contribution >= 4 is 11.8 Å². The molecule has 0 aliphatic heterocycles. The van der Waals surface area contributed by atoms with Gasteiger partial charge in [0.25, 0.3) is 5.56 Å². The molecule has 2 aromatic rings. The van der Waals surface area contributed by atoms with Crippen LogP contribution in [0.2, 0.25) is 0 Å². The molecule has 1 N–H and O–H groups in total. The highest BCUT2D eigenvalue weighted by atomic mass is 32.2. The van der Waals surface area contributed by atoms with E-state index in [-0.39, 0.29) is 5.56 Å². The molecule has 84 valence electrons. The summed E-state index contributed by atoms with van der Waals surface area (Å²) < 4.78 is 0. The standard InChI is InChI=1S/C12H9N3OS/c1-8-6-9(7-13)2-3-10(8)17-12-14-5-4-11(16)15-12/h2-6H,1H3,(H,14,15,16). The van der Waals surface area contributed by atoms with E-state index in [0.29, 0.717) is 10.7 Å². The van der Waals surface area contributed by atoms with Gasteiger partial charge in [0.15, 0.2) is 5.16 Å². The summed E-state index contributed by atoms with van der Waals surface area (Å²) in [5.41, 5.74) is 1.44. The summed E-state index contributed by atoms with van der Waals surface area (Å²) >= 11 is 1.37. The van der Waals surface area contributed by atoms with Crippen LogP contribution in [0.15, 0.2) is 45.3 Å². The fraction of sp³-hybridized carbons (Fsp3) is 0.0833. The third kappa shape index (κ3) is 2.74. The lowest BCUT2D eigenvalue weighted by atomic mass is 10.2. The number of aromatic amines is 1. The van der Waals surface area contributed by atoms with Crippen LogP contribution in [0.4, 0.5) is 0 Å². The average Bonchev–Trinajstić information content (AvgIpc) is 2.32. The van der Waals surface area contributed by atoms with Crippen LogP contribution in [0.25, 0.3) is 0 Å². The zero-order valence-corrected chi connectivity index (χ0v) is 9.91. The van der Waals surface area contributed by atoms with Crippen molar-refractivity contribution in [3.63, 3.8) is 0 Å². The van der Waals surface area contributed by atoms with Crippen LogP contribution < -0.4 is 5.56 Å². The Bertz CT molecular complexity index is 643. The van der Waals surface area contributed by atoms with Crippen LogP contribution >= 0.6 is 11.8 Å². The van der Waals surface area contributed by atoms with Crippen molar-refractivity contribution in [1.29, 1.82) is 5.26 Å². The highest BCUT2D eigenvalue weighted by Gasteiger charge is 2.04. The first-order valence-electron chi connectivity index (χ1n) is 4.93. The van der Waals surface area contributed by atoms with E-state index < -0.39 is 0 Å². The normalized spacial score (nSPS) is 9.88. The molecule has 0 fully saturated rings. The van der Waals surface area contributed by atoms with Gasteiger partial charge >= 0.3 is 0 Å². The second kappa shape index (κ2) is 4.85. The van der Waals surface area contributed by atoms with Gasteiger partial charge < -0.3 is 4.98 Å². The number of H-pyrrole nitrogens is 1. The molecule has 5 heteroatoms. The largest absolute Gasteiger partial charge is 0.301 e. The zero-order valence-electron chi connectivity index (χ0n) is 9.10. The van der Waals surface area contributed by atoms with E-state index in [2.05, 4.69) is 16.0 Å². The van der Waals surface area contributed by atoms with Gasteiger partial charge in [0.1, 0.15) is 0 Å². The minimum atomic E-state index is -0.172. The lowest BCUT2D eigenvalue weighted by Gasteiger charge is -2.04. The smallest absolute Gasteiger partial charge is 0.251 e. The monoisotopic (exact) mass is 243 g/mol. The number of benzene rings is 1. The minimum Gasteiger partial charge on any atom is -0.301 e. The summed E-state index contributed by atoms with van der Waals surface area (Å²) in [6.45, 7) is 1.92. The Labute approximate surface area is 102 Å². The van der Waals surface area contributed by atoms with Crippen molar-refractivity contribution in [1.82, 2.24) is 9.97 Å². The van der Waals surface area contributed by atoms with Gasteiger partial charge in [-0.1, -0.05) is 11.8 Å². The topological polar surface area (TPSA) is 69.5 Å². The first kappa shape index (κ1) is 11.4. The van der Waals surface area contributed by atoms with Crippen molar-refractivity contribution in [2.75, 3.05) is 0 Å². The summed E-state index contributed by atoms with van der Waals surface area (Å²) in [6, 6.07) is 8.86. The third-order valence-electron chi connectivity index (χ3n) is 2.16. The van der Waals surface area contributed by atoms with Crippen LogP contribution in [0.5, 0.6) is 0 Å². The molecule has 0 unspecified atom stereocenters. The molecule has 0 spiro atoms. The summed E-state index contributed by atoms with van der Waals surface area (Å²) in [5, 5.41) is 9.31. The van der Waals surface area contributed by atoms with Gasteiger partial charge in [-0.3, -0.25) is 4.79 Å². The molecule has 1 aromatic heterocycles. The number of hydrogen-bond donors (Lipinski definition) is 1. The molecule has 0 saturated carbocycles. The van der Waals surface area contributed by atoms with Gasteiger partial charge in [-0.05, 0) is 30.7 Å². The van der Waals surface area contributed by atoms with Crippen molar-refractivity contribution in [2.24, 2.45) is 0 Å². The molecule has 17 heavy (non-hydrogen) atoms. The molecule has 0 bridgehead atoms. The van der Waals surface area contributed by atoms with Crippen LogP contribution in [-0.4, -0.2) is 9.97 Å². The van der Waals surface area contributed by atoms with E-state index in [0.717, 1.165) is 10.5 Å². The summed E-state index contributed by atoms with van der Waals surface area (Å²) in [5.74, 6) is 0. The average molecular weight is 243 g/mol. The van der Waals surface area contributed by atoms with Gasteiger partial charge in [-0.25, -0.2) is 4.98 Å². The maximum absolute atomic E-state index is 11.1. The summed E-state index contributed by atoms with van der Waals surface area (Å²) in [4.78, 5) is 18.8. The Morgan fingerprint density at radius 3 is 2.88 bits per heavy atom. The number of nitrogens with zero attached hydrogens (tertiary/aromatic N) is 2. The molecular formula is C12H9N3OS. The Morgan fingerprint density at radius 1 is 1.41 bits per heavy atom. The molecule has 0 aliphatic rings. The van der Waals surface area contributed by atoms with Gasteiger partial charge in [0.2, 0.25) is 0 Å². The number of aromatic nitrogens is 2. The Morgan fingerprint density at radius 2 is 2.24 bits per heavy atom. The number of aryl methyl sites for hydroxylation is 1. The first-order chi connectivity index (χ1) is 8.19. The van der Waals surface area contributed by atoms with Gasteiger partial charge in [-0.2, -0.15) is 5.26 Å². The second-order valence-corrected chi connectivity index (χ2v) is 4.46. The maximum atomic E-state index is 11.1. The molecule has 0 aliphatic carbocycles.